The molecule has 0 amide bonds. The van der Waals surface area contributed by atoms with E-state index in [4.69, 9.17) is 11.1 Å². The molecule has 0 aromatic carbocycles. The molecule has 0 aliphatic carbocycles. The van der Waals surface area contributed by atoms with Gasteiger partial charge >= 0.3 is 0 Å². The summed E-state index contributed by atoms with van der Waals surface area (Å²) in [5, 5.41) is 6.84. The Hall–Kier alpha value is -0.410. The molecule has 3 nitrogen and oxygen atoms in total. The number of hydrogen-bond donors (Lipinski definition) is 2. The van der Waals surface area contributed by atoms with Crippen molar-refractivity contribution in [1.29, 1.82) is 5.41 Å². The van der Waals surface area contributed by atoms with Crippen LogP contribution in [0.15, 0.2) is 0 Å². The largest absolute Gasteiger partial charge is 0.329 e. The van der Waals surface area contributed by atoms with Crippen LogP contribution >= 0.6 is 0 Å². The lowest BCUT2D eigenvalue weighted by Gasteiger charge is -2.16. The molecule has 0 bridgehead atoms. The average Bonchev–Trinajstić information content (AvgIpc) is 1.69. The first-order valence-electron chi connectivity index (χ1n) is 2.59. The Balaban J connectivity index is 3.51. The summed E-state index contributed by atoms with van der Waals surface area (Å²) in [5.74, 6) is 0. The summed E-state index contributed by atoms with van der Waals surface area (Å²) in [4.78, 5) is 1.91. The second-order valence-electron chi connectivity index (χ2n) is 1.93. The molecule has 0 radical (unpaired) electrons. The molecule has 0 saturated heterocycles. The van der Waals surface area contributed by atoms with Crippen LogP contribution in [0.4, 0.5) is 0 Å². The maximum atomic E-state index is 6.84. The highest BCUT2D eigenvalue weighted by Crippen LogP contribution is 1.82. The molecule has 0 fully saturated rings. The fourth-order valence-electron chi connectivity index (χ4n) is 0.428. The summed E-state index contributed by atoms with van der Waals surface area (Å²) in [5.41, 5.74) is 5.29. The van der Waals surface area contributed by atoms with E-state index in [1.54, 1.807) is 0 Å². The Morgan fingerprint density at radius 2 is 2.25 bits per heavy atom. The molecule has 0 aromatic heterocycles. The maximum absolute atomic E-state index is 6.84. The summed E-state index contributed by atoms with van der Waals surface area (Å²) in [6, 6.07) is 0.106. The van der Waals surface area contributed by atoms with Crippen molar-refractivity contribution in [3.63, 3.8) is 0 Å². The number of nitrogens with two attached hydrogens (primary N) is 1. The molecule has 0 saturated carbocycles. The van der Waals surface area contributed by atoms with Gasteiger partial charge in [0.2, 0.25) is 0 Å². The van der Waals surface area contributed by atoms with E-state index in [0.29, 0.717) is 6.54 Å². The topological polar surface area (TPSA) is 53.1 Å². The van der Waals surface area contributed by atoms with Gasteiger partial charge in [0.05, 0.1) is 6.04 Å². The van der Waals surface area contributed by atoms with Gasteiger partial charge in [-0.1, -0.05) is 0 Å². The molecule has 0 heterocycles. The van der Waals surface area contributed by atoms with Gasteiger partial charge in [-0.05, 0) is 14.1 Å². The van der Waals surface area contributed by atoms with Gasteiger partial charge in [-0.15, -0.1) is 0 Å². The first-order valence-corrected chi connectivity index (χ1v) is 2.59. The van der Waals surface area contributed by atoms with Gasteiger partial charge in [-0.25, -0.2) is 0 Å². The Bertz CT molecular complexity index is 70.1. The summed E-state index contributed by atoms with van der Waals surface area (Å²) < 4.78 is 0. The minimum atomic E-state index is 0.106. The Morgan fingerprint density at radius 3 is 2.25 bits per heavy atom. The van der Waals surface area contributed by atoms with Gasteiger partial charge in [0.1, 0.15) is 0 Å². The van der Waals surface area contributed by atoms with E-state index < -0.39 is 0 Å². The molecule has 1 unspecified atom stereocenters. The lowest BCUT2D eigenvalue weighted by molar-refractivity contribution is 0.371. The fraction of sp³-hybridized carbons (Fsp3) is 0.800. The van der Waals surface area contributed by atoms with Crippen molar-refractivity contribution >= 4 is 6.21 Å². The van der Waals surface area contributed by atoms with Gasteiger partial charge in [0, 0.05) is 12.8 Å². The number of nitrogens with zero attached hydrogens (tertiary/aromatic N) is 1. The van der Waals surface area contributed by atoms with Gasteiger partial charge in [-0.3, -0.25) is 0 Å². The van der Waals surface area contributed by atoms with Crippen molar-refractivity contribution in [2.75, 3.05) is 20.6 Å². The molecule has 0 rings (SSSR count). The zero-order valence-electron chi connectivity index (χ0n) is 5.39. The van der Waals surface area contributed by atoms with E-state index in [0.717, 1.165) is 0 Å². The molecule has 0 aliphatic rings. The predicted molar refractivity (Wildman–Crippen MR) is 35.3 cm³/mol. The lowest BCUT2D eigenvalue weighted by Crippen LogP contribution is -2.35. The van der Waals surface area contributed by atoms with Crippen LogP contribution in [0.2, 0.25) is 0 Å². The molecule has 8 heavy (non-hydrogen) atoms. The van der Waals surface area contributed by atoms with Crippen LogP contribution in [-0.2, 0) is 0 Å². The minimum absolute atomic E-state index is 0.106. The average molecular weight is 115 g/mol. The SMILES string of the molecule is CN(C)C(C=N)CN. The van der Waals surface area contributed by atoms with Gasteiger partial charge in [-0.2, -0.15) is 0 Å². The number of nitrogens with one attached hydrogen (secondary N) is 1. The first-order chi connectivity index (χ1) is 3.72. The Kier molecular flexibility index (Phi) is 3.39. The summed E-state index contributed by atoms with van der Waals surface area (Å²) >= 11 is 0. The van der Waals surface area contributed by atoms with Crippen molar-refractivity contribution in [3.05, 3.63) is 0 Å². The summed E-state index contributed by atoms with van der Waals surface area (Å²) in [6.07, 6.45) is 1.35. The molecule has 3 heteroatoms. The molecule has 0 aliphatic heterocycles. The monoisotopic (exact) mass is 115 g/mol. The van der Waals surface area contributed by atoms with Gasteiger partial charge < -0.3 is 16.0 Å². The highest BCUT2D eigenvalue weighted by atomic mass is 15.1. The Labute approximate surface area is 50.0 Å². The number of hydrogen-bond acceptors (Lipinski definition) is 3. The molecule has 1 atom stereocenters. The number of rotatable bonds is 3. The van der Waals surface area contributed by atoms with E-state index >= 15 is 0 Å². The summed E-state index contributed by atoms with van der Waals surface area (Å²) in [6.45, 7) is 0.524. The normalized spacial score (nSPS) is 14.0. The molecule has 0 aromatic rings. The highest BCUT2D eigenvalue weighted by Gasteiger charge is 2.01. The van der Waals surface area contributed by atoms with Crippen molar-refractivity contribution in [2.24, 2.45) is 5.73 Å². The van der Waals surface area contributed by atoms with Crippen LogP contribution in [0.1, 0.15) is 0 Å². The van der Waals surface area contributed by atoms with E-state index in [-0.39, 0.29) is 6.04 Å². The van der Waals surface area contributed by atoms with E-state index in [1.807, 2.05) is 19.0 Å². The predicted octanol–water partition coefficient (Wildman–Crippen LogP) is -0.475. The van der Waals surface area contributed by atoms with E-state index in [1.165, 1.54) is 6.21 Å². The molecule has 48 valence electrons. The maximum Gasteiger partial charge on any atom is 0.0562 e. The third-order valence-electron chi connectivity index (χ3n) is 1.10. The molecular weight excluding hydrogens is 102 g/mol. The van der Waals surface area contributed by atoms with Crippen molar-refractivity contribution in [3.8, 4) is 0 Å². The van der Waals surface area contributed by atoms with Crippen LogP contribution in [0.3, 0.4) is 0 Å². The Morgan fingerprint density at radius 1 is 1.75 bits per heavy atom. The quantitative estimate of drug-likeness (QED) is 0.488. The summed E-state index contributed by atoms with van der Waals surface area (Å²) in [7, 11) is 3.81. The van der Waals surface area contributed by atoms with E-state index in [2.05, 4.69) is 0 Å². The first kappa shape index (κ1) is 7.59. The third-order valence-corrected chi connectivity index (χ3v) is 1.10. The van der Waals surface area contributed by atoms with Crippen LogP contribution in [0, 0.1) is 5.41 Å². The number of likely N-dealkylation sites (N-methyl/N-ethyl adjacent to an activating group) is 1. The van der Waals surface area contributed by atoms with Gasteiger partial charge in [0.15, 0.2) is 0 Å². The molecule has 3 N–H and O–H groups in total. The zero-order chi connectivity index (χ0) is 6.57. The fourth-order valence-corrected chi connectivity index (χ4v) is 0.428. The van der Waals surface area contributed by atoms with Crippen LogP contribution < -0.4 is 5.73 Å². The van der Waals surface area contributed by atoms with Crippen molar-refractivity contribution < 1.29 is 0 Å². The second-order valence-corrected chi connectivity index (χ2v) is 1.93. The van der Waals surface area contributed by atoms with Crippen LogP contribution in [0.5, 0.6) is 0 Å². The standard InChI is InChI=1S/C5H13N3/c1-8(2)5(3-6)4-7/h3,5-6H,4,7H2,1-2H3. The van der Waals surface area contributed by atoms with Gasteiger partial charge in [0.25, 0.3) is 0 Å². The van der Waals surface area contributed by atoms with Crippen LogP contribution in [-0.4, -0.2) is 37.8 Å². The van der Waals surface area contributed by atoms with E-state index in [9.17, 15) is 0 Å². The minimum Gasteiger partial charge on any atom is -0.329 e. The lowest BCUT2D eigenvalue weighted by atomic mass is 10.3. The second kappa shape index (κ2) is 3.57. The highest BCUT2D eigenvalue weighted by molar-refractivity contribution is 5.60. The van der Waals surface area contributed by atoms with Crippen molar-refractivity contribution in [2.45, 2.75) is 6.04 Å². The zero-order valence-corrected chi connectivity index (χ0v) is 5.39. The third kappa shape index (κ3) is 2.04. The van der Waals surface area contributed by atoms with Crippen LogP contribution in [0.25, 0.3) is 0 Å². The van der Waals surface area contributed by atoms with Crippen molar-refractivity contribution in [1.82, 2.24) is 4.90 Å². The smallest absolute Gasteiger partial charge is 0.0562 e. The molecular formula is C5H13N3. The molecule has 0 spiro atoms.